The number of anilines is 1. The lowest BCUT2D eigenvalue weighted by molar-refractivity contribution is 0.415. The number of methoxy groups -OCH3 is 1. The lowest BCUT2D eigenvalue weighted by atomic mass is 10.1. The summed E-state index contributed by atoms with van der Waals surface area (Å²) in [6.45, 7) is 6.90. The first-order chi connectivity index (χ1) is 14.3. The van der Waals surface area contributed by atoms with E-state index < -0.39 is 0 Å². The zero-order valence-corrected chi connectivity index (χ0v) is 20.5. The molecule has 5 nitrogen and oxygen atoms in total. The topological polar surface area (TPSA) is 48.9 Å². The Labute approximate surface area is 198 Å². The third-order valence-electron chi connectivity index (χ3n) is 5.33. The van der Waals surface area contributed by atoms with Crippen LogP contribution in [-0.2, 0) is 6.42 Å². The Balaban J connectivity index is 0.00000320. The minimum atomic E-state index is 0. The van der Waals surface area contributed by atoms with Crippen molar-refractivity contribution < 1.29 is 4.74 Å². The van der Waals surface area contributed by atoms with Gasteiger partial charge in [-0.15, -0.1) is 24.0 Å². The van der Waals surface area contributed by atoms with Crippen molar-refractivity contribution in [2.45, 2.75) is 26.2 Å². The summed E-state index contributed by atoms with van der Waals surface area (Å²) in [4.78, 5) is 7.28. The lowest BCUT2D eigenvalue weighted by Crippen LogP contribution is -2.38. The van der Waals surface area contributed by atoms with Gasteiger partial charge in [0.2, 0.25) is 0 Å². The van der Waals surface area contributed by atoms with Crippen molar-refractivity contribution in [3.05, 3.63) is 60.2 Å². The molecule has 0 bridgehead atoms. The van der Waals surface area contributed by atoms with Crippen LogP contribution in [0.25, 0.3) is 0 Å². The number of hydrogen-bond donors (Lipinski definition) is 2. The molecule has 1 aliphatic rings. The number of halogens is 1. The Morgan fingerprint density at radius 2 is 1.97 bits per heavy atom. The molecule has 1 fully saturated rings. The average Bonchev–Trinajstić information content (AvgIpc) is 3.25. The summed E-state index contributed by atoms with van der Waals surface area (Å²) >= 11 is 0. The van der Waals surface area contributed by atoms with Crippen molar-refractivity contribution in [2.24, 2.45) is 10.9 Å². The maximum Gasteiger partial charge on any atom is 0.191 e. The monoisotopic (exact) mass is 522 g/mol. The molecule has 2 aromatic carbocycles. The van der Waals surface area contributed by atoms with Gasteiger partial charge in [-0.3, -0.25) is 4.99 Å². The van der Waals surface area contributed by atoms with E-state index in [-0.39, 0.29) is 24.0 Å². The first-order valence-electron chi connectivity index (χ1n) is 10.7. The van der Waals surface area contributed by atoms with E-state index in [4.69, 9.17) is 9.73 Å². The molecule has 2 N–H and O–H groups in total. The van der Waals surface area contributed by atoms with Gasteiger partial charge in [0.15, 0.2) is 5.96 Å². The van der Waals surface area contributed by atoms with Crippen LogP contribution in [0.15, 0.2) is 59.6 Å². The van der Waals surface area contributed by atoms with Gasteiger partial charge in [0.25, 0.3) is 0 Å². The van der Waals surface area contributed by atoms with Gasteiger partial charge in [0.05, 0.1) is 7.11 Å². The zero-order valence-electron chi connectivity index (χ0n) is 18.1. The van der Waals surface area contributed by atoms with E-state index >= 15 is 0 Å². The first kappa shape index (κ1) is 24.3. The maximum atomic E-state index is 5.36. The highest BCUT2D eigenvalue weighted by molar-refractivity contribution is 14.0. The Morgan fingerprint density at radius 3 is 2.73 bits per heavy atom. The molecule has 6 heteroatoms. The van der Waals surface area contributed by atoms with Crippen LogP contribution in [0, 0.1) is 5.92 Å². The van der Waals surface area contributed by atoms with Crippen LogP contribution in [-0.4, -0.2) is 45.8 Å². The summed E-state index contributed by atoms with van der Waals surface area (Å²) in [5.41, 5.74) is 2.63. The fourth-order valence-electron chi connectivity index (χ4n) is 3.73. The third kappa shape index (κ3) is 7.70. The van der Waals surface area contributed by atoms with E-state index in [2.05, 4.69) is 71.0 Å². The smallest absolute Gasteiger partial charge is 0.191 e. The van der Waals surface area contributed by atoms with Crippen LogP contribution in [0.5, 0.6) is 5.75 Å². The Bertz CT molecular complexity index is 769. The molecule has 164 valence electrons. The summed E-state index contributed by atoms with van der Waals surface area (Å²) in [5.74, 6) is 2.43. The highest BCUT2D eigenvalue weighted by atomic mass is 127. The van der Waals surface area contributed by atoms with Gasteiger partial charge in [-0.05, 0) is 49.8 Å². The summed E-state index contributed by atoms with van der Waals surface area (Å²) < 4.78 is 5.36. The van der Waals surface area contributed by atoms with Crippen LogP contribution >= 0.6 is 24.0 Å². The normalized spacial score (nSPS) is 16.1. The molecule has 1 atom stereocenters. The Morgan fingerprint density at radius 1 is 1.13 bits per heavy atom. The molecule has 1 heterocycles. The molecular formula is C24H35IN4O. The molecule has 0 spiro atoms. The van der Waals surface area contributed by atoms with Crippen molar-refractivity contribution >= 4 is 35.6 Å². The van der Waals surface area contributed by atoms with Crippen molar-refractivity contribution in [1.82, 2.24) is 10.6 Å². The molecule has 0 radical (unpaired) electrons. The zero-order chi connectivity index (χ0) is 20.3. The van der Waals surface area contributed by atoms with E-state index in [1.807, 2.05) is 6.07 Å². The quantitative estimate of drug-likeness (QED) is 0.223. The van der Waals surface area contributed by atoms with Crippen LogP contribution < -0.4 is 20.3 Å². The van der Waals surface area contributed by atoms with E-state index in [0.29, 0.717) is 5.92 Å². The van der Waals surface area contributed by atoms with Crippen molar-refractivity contribution in [3.8, 4) is 5.75 Å². The van der Waals surface area contributed by atoms with Crippen LogP contribution in [0.3, 0.4) is 0 Å². The van der Waals surface area contributed by atoms with E-state index in [0.717, 1.165) is 57.3 Å². The number of rotatable bonds is 9. The van der Waals surface area contributed by atoms with Crippen molar-refractivity contribution in [1.29, 1.82) is 0 Å². The molecule has 3 rings (SSSR count). The molecule has 1 saturated heterocycles. The fraction of sp³-hybridized carbons (Fsp3) is 0.458. The summed E-state index contributed by atoms with van der Waals surface area (Å²) in [6, 6.07) is 19.0. The second-order valence-corrected chi connectivity index (χ2v) is 7.54. The number of ether oxygens (including phenoxy) is 1. The summed E-state index contributed by atoms with van der Waals surface area (Å²) in [6.07, 6.45) is 3.36. The number of benzene rings is 2. The fourth-order valence-corrected chi connectivity index (χ4v) is 3.73. The molecule has 0 aliphatic carbocycles. The standard InChI is InChI=1S/C24H34N4O.HI/c1-3-25-24(26-15-8-11-20-9-5-4-6-10-20)27-18-21-14-16-28(19-21)22-12-7-13-23(17-22)29-2;/h4-7,9-10,12-13,17,21H,3,8,11,14-16,18-19H2,1-2H3,(H2,25,26,27);1H. The van der Waals surface area contributed by atoms with Gasteiger partial charge in [-0.2, -0.15) is 0 Å². The Hall–Kier alpha value is -1.96. The molecular weight excluding hydrogens is 487 g/mol. The minimum absolute atomic E-state index is 0. The number of nitrogens with zero attached hydrogens (tertiary/aromatic N) is 2. The van der Waals surface area contributed by atoms with Crippen molar-refractivity contribution in [2.75, 3.05) is 44.7 Å². The van der Waals surface area contributed by atoms with Gasteiger partial charge >= 0.3 is 0 Å². The summed E-state index contributed by atoms with van der Waals surface area (Å²) in [5, 5.41) is 6.85. The van der Waals surface area contributed by atoms with E-state index in [1.54, 1.807) is 7.11 Å². The number of hydrogen-bond acceptors (Lipinski definition) is 3. The van der Waals surface area contributed by atoms with Gasteiger partial charge < -0.3 is 20.3 Å². The van der Waals surface area contributed by atoms with Crippen LogP contribution in [0.2, 0.25) is 0 Å². The largest absolute Gasteiger partial charge is 0.497 e. The predicted molar refractivity (Wildman–Crippen MR) is 137 cm³/mol. The molecule has 0 saturated carbocycles. The molecule has 30 heavy (non-hydrogen) atoms. The second kappa shape index (κ2) is 13.4. The molecule has 0 aromatic heterocycles. The number of nitrogens with one attached hydrogen (secondary N) is 2. The van der Waals surface area contributed by atoms with E-state index in [9.17, 15) is 0 Å². The lowest BCUT2D eigenvalue weighted by Gasteiger charge is -2.19. The SMILES string of the molecule is CCNC(=NCC1CCN(c2cccc(OC)c2)C1)NCCCc1ccccc1.I. The average molecular weight is 522 g/mol. The van der Waals surface area contributed by atoms with Gasteiger partial charge in [-0.25, -0.2) is 0 Å². The van der Waals surface area contributed by atoms with Gasteiger partial charge in [0, 0.05) is 44.5 Å². The van der Waals surface area contributed by atoms with Gasteiger partial charge in [0.1, 0.15) is 5.75 Å². The van der Waals surface area contributed by atoms with Gasteiger partial charge in [-0.1, -0.05) is 36.4 Å². The summed E-state index contributed by atoms with van der Waals surface area (Å²) in [7, 11) is 1.72. The van der Waals surface area contributed by atoms with Crippen LogP contribution in [0.1, 0.15) is 25.3 Å². The van der Waals surface area contributed by atoms with Crippen LogP contribution in [0.4, 0.5) is 5.69 Å². The maximum absolute atomic E-state index is 5.36. The second-order valence-electron chi connectivity index (χ2n) is 7.54. The highest BCUT2D eigenvalue weighted by Crippen LogP contribution is 2.26. The van der Waals surface area contributed by atoms with E-state index in [1.165, 1.54) is 17.7 Å². The number of aliphatic imine (C=N–C) groups is 1. The number of aryl methyl sites for hydroxylation is 1. The van der Waals surface area contributed by atoms with Crippen molar-refractivity contribution in [3.63, 3.8) is 0 Å². The molecule has 1 unspecified atom stereocenters. The predicted octanol–water partition coefficient (Wildman–Crippen LogP) is 4.33. The Kier molecular flexibility index (Phi) is 10.8. The first-order valence-corrected chi connectivity index (χ1v) is 10.7. The third-order valence-corrected chi connectivity index (χ3v) is 5.33. The molecule has 2 aromatic rings. The highest BCUT2D eigenvalue weighted by Gasteiger charge is 2.22. The molecule has 0 amide bonds. The minimum Gasteiger partial charge on any atom is -0.497 e. The number of guanidine groups is 1. The molecule has 1 aliphatic heterocycles.